The maximum absolute atomic E-state index is 13.2. The third-order valence-corrected chi connectivity index (χ3v) is 6.45. The summed E-state index contributed by atoms with van der Waals surface area (Å²) in [6.45, 7) is 0.248. The van der Waals surface area contributed by atoms with Gasteiger partial charge in [0.15, 0.2) is 0 Å². The first-order valence-electron chi connectivity index (χ1n) is 9.86. The molecule has 33 heavy (non-hydrogen) atoms. The third kappa shape index (κ3) is 5.33. The van der Waals surface area contributed by atoms with E-state index in [0.29, 0.717) is 17.8 Å². The zero-order valence-electron chi connectivity index (χ0n) is 16.9. The maximum Gasteiger partial charge on any atom is 0.418 e. The van der Waals surface area contributed by atoms with E-state index in [1.807, 2.05) is 24.3 Å². The highest BCUT2D eigenvalue weighted by atomic mass is 79.9. The third-order valence-electron chi connectivity index (χ3n) is 5.04. The van der Waals surface area contributed by atoms with Crippen molar-refractivity contribution in [2.24, 2.45) is 0 Å². The molecule has 0 radical (unpaired) electrons. The molecule has 3 aromatic rings. The van der Waals surface area contributed by atoms with Crippen molar-refractivity contribution in [3.63, 3.8) is 0 Å². The van der Waals surface area contributed by atoms with Gasteiger partial charge in [0, 0.05) is 16.6 Å². The SMILES string of the molecule is O=C(Nc1nnc(-c2ccc(Br)cc2)s1)C1CCCN1C(=O)Nc1ccccc1C(F)(F)F. The molecule has 0 saturated carbocycles. The molecule has 1 aromatic heterocycles. The Balaban J connectivity index is 1.44. The van der Waals surface area contributed by atoms with Gasteiger partial charge in [0.2, 0.25) is 11.0 Å². The molecule has 1 aliphatic rings. The van der Waals surface area contributed by atoms with Crippen LogP contribution in [0.1, 0.15) is 18.4 Å². The molecular formula is C21H17BrF3N5O2S. The number of benzene rings is 2. The number of alkyl halides is 3. The fraction of sp³-hybridized carbons (Fsp3) is 0.238. The van der Waals surface area contributed by atoms with Crippen LogP contribution in [-0.4, -0.2) is 39.6 Å². The summed E-state index contributed by atoms with van der Waals surface area (Å²) in [5, 5.41) is 13.9. The summed E-state index contributed by atoms with van der Waals surface area (Å²) >= 11 is 4.54. The Kier molecular flexibility index (Phi) is 6.66. The lowest BCUT2D eigenvalue weighted by Gasteiger charge is -2.24. The fourth-order valence-corrected chi connectivity index (χ4v) is 4.50. The van der Waals surface area contributed by atoms with E-state index >= 15 is 0 Å². The van der Waals surface area contributed by atoms with Crippen molar-refractivity contribution in [3.05, 3.63) is 58.6 Å². The number of carbonyl (C=O) groups excluding carboxylic acids is 2. The number of hydrogen-bond acceptors (Lipinski definition) is 5. The van der Waals surface area contributed by atoms with Gasteiger partial charge in [-0.3, -0.25) is 10.1 Å². The Bertz CT molecular complexity index is 1170. The minimum atomic E-state index is -4.62. The van der Waals surface area contributed by atoms with E-state index in [1.54, 1.807) is 0 Å². The summed E-state index contributed by atoms with van der Waals surface area (Å²) in [4.78, 5) is 26.8. The molecule has 2 N–H and O–H groups in total. The number of nitrogens with one attached hydrogen (secondary N) is 2. The van der Waals surface area contributed by atoms with Crippen LogP contribution in [0.5, 0.6) is 0 Å². The number of rotatable bonds is 4. The van der Waals surface area contributed by atoms with Crippen molar-refractivity contribution in [3.8, 4) is 10.6 Å². The number of anilines is 2. The second kappa shape index (κ2) is 9.48. The summed E-state index contributed by atoms with van der Waals surface area (Å²) in [5.41, 5.74) is -0.474. The molecule has 2 heterocycles. The molecule has 7 nitrogen and oxygen atoms in total. The molecule has 0 spiro atoms. The molecule has 2 aromatic carbocycles. The first kappa shape index (κ1) is 23.2. The van der Waals surface area contributed by atoms with Crippen LogP contribution in [0.25, 0.3) is 10.6 Å². The average Bonchev–Trinajstić information content (AvgIpc) is 3.44. The largest absolute Gasteiger partial charge is 0.418 e. The van der Waals surface area contributed by atoms with Crippen LogP contribution in [0, 0.1) is 0 Å². The Hall–Kier alpha value is -2.99. The van der Waals surface area contributed by atoms with Gasteiger partial charge in [0.05, 0.1) is 11.3 Å². The number of urea groups is 1. The van der Waals surface area contributed by atoms with E-state index in [-0.39, 0.29) is 17.4 Å². The van der Waals surface area contributed by atoms with Crippen LogP contribution < -0.4 is 10.6 Å². The number of para-hydroxylation sites is 1. The summed E-state index contributed by atoms with van der Waals surface area (Å²) < 4.78 is 40.6. The zero-order chi connectivity index (χ0) is 23.6. The number of hydrogen-bond donors (Lipinski definition) is 2. The van der Waals surface area contributed by atoms with Crippen LogP contribution >= 0.6 is 27.3 Å². The lowest BCUT2D eigenvalue weighted by molar-refractivity contribution is -0.137. The van der Waals surface area contributed by atoms with Gasteiger partial charge in [-0.25, -0.2) is 4.79 Å². The van der Waals surface area contributed by atoms with E-state index in [9.17, 15) is 22.8 Å². The molecule has 12 heteroatoms. The lowest BCUT2D eigenvalue weighted by Crippen LogP contribution is -2.45. The van der Waals surface area contributed by atoms with Crippen molar-refractivity contribution in [1.82, 2.24) is 15.1 Å². The van der Waals surface area contributed by atoms with Gasteiger partial charge < -0.3 is 10.2 Å². The van der Waals surface area contributed by atoms with Crippen molar-refractivity contribution in [1.29, 1.82) is 0 Å². The van der Waals surface area contributed by atoms with E-state index in [2.05, 4.69) is 36.8 Å². The van der Waals surface area contributed by atoms with Crippen LogP contribution in [0.2, 0.25) is 0 Å². The molecule has 0 aliphatic carbocycles. The molecule has 1 aliphatic heterocycles. The van der Waals surface area contributed by atoms with Crippen molar-refractivity contribution in [2.45, 2.75) is 25.1 Å². The second-order valence-electron chi connectivity index (χ2n) is 7.23. The normalized spacial score (nSPS) is 16.0. The van der Waals surface area contributed by atoms with Crippen molar-refractivity contribution in [2.75, 3.05) is 17.2 Å². The predicted molar refractivity (Wildman–Crippen MR) is 122 cm³/mol. The molecule has 172 valence electrons. The highest BCUT2D eigenvalue weighted by Gasteiger charge is 2.37. The van der Waals surface area contributed by atoms with E-state index in [0.717, 1.165) is 16.1 Å². The highest BCUT2D eigenvalue weighted by Crippen LogP contribution is 2.35. The first-order valence-corrected chi connectivity index (χ1v) is 11.5. The summed E-state index contributed by atoms with van der Waals surface area (Å²) in [7, 11) is 0. The molecule has 1 unspecified atom stereocenters. The van der Waals surface area contributed by atoms with Crippen LogP contribution in [0.15, 0.2) is 53.0 Å². The molecule has 3 amide bonds. The number of nitrogens with zero attached hydrogens (tertiary/aromatic N) is 3. The summed E-state index contributed by atoms with van der Waals surface area (Å²) in [6.07, 6.45) is -3.68. The minimum Gasteiger partial charge on any atom is -0.312 e. The van der Waals surface area contributed by atoms with Gasteiger partial charge in [-0.15, -0.1) is 10.2 Å². The van der Waals surface area contributed by atoms with Gasteiger partial charge in [-0.05, 0) is 37.1 Å². The Morgan fingerprint density at radius 3 is 2.52 bits per heavy atom. The van der Waals surface area contributed by atoms with Crippen LogP contribution in [-0.2, 0) is 11.0 Å². The fourth-order valence-electron chi connectivity index (χ4n) is 3.48. The van der Waals surface area contributed by atoms with Gasteiger partial charge in [-0.2, -0.15) is 13.2 Å². The monoisotopic (exact) mass is 539 g/mol. The first-order chi connectivity index (χ1) is 15.7. The minimum absolute atomic E-state index is 0.248. The van der Waals surface area contributed by atoms with E-state index in [4.69, 9.17) is 0 Å². The number of halogens is 4. The topological polar surface area (TPSA) is 87.2 Å². The van der Waals surface area contributed by atoms with Gasteiger partial charge in [0.25, 0.3) is 0 Å². The summed E-state index contributed by atoms with van der Waals surface area (Å²) in [6, 6.07) is 10.6. The van der Waals surface area contributed by atoms with E-state index < -0.39 is 29.7 Å². The Morgan fingerprint density at radius 1 is 1.06 bits per heavy atom. The second-order valence-corrected chi connectivity index (χ2v) is 9.13. The molecule has 0 bridgehead atoms. The molecule has 4 rings (SSSR count). The van der Waals surface area contributed by atoms with Gasteiger partial charge in [0.1, 0.15) is 11.0 Å². The molecule has 1 fully saturated rings. The smallest absolute Gasteiger partial charge is 0.312 e. The molecule has 1 atom stereocenters. The number of carbonyl (C=O) groups is 2. The zero-order valence-corrected chi connectivity index (χ0v) is 19.3. The van der Waals surface area contributed by atoms with Crippen molar-refractivity contribution < 1.29 is 22.8 Å². The van der Waals surface area contributed by atoms with Crippen LogP contribution in [0.3, 0.4) is 0 Å². The summed E-state index contributed by atoms with van der Waals surface area (Å²) in [5.74, 6) is -0.467. The number of aromatic nitrogens is 2. The highest BCUT2D eigenvalue weighted by molar-refractivity contribution is 9.10. The predicted octanol–water partition coefficient (Wildman–Crippen LogP) is 5.62. The molecular weight excluding hydrogens is 523 g/mol. The number of likely N-dealkylation sites (tertiary alicyclic amines) is 1. The standard InChI is InChI=1S/C21H17BrF3N5O2S/c22-13-9-7-12(8-10-13)18-28-29-19(33-18)27-17(31)16-6-3-11-30(16)20(32)26-15-5-2-1-4-14(15)21(23,24)25/h1-2,4-5,7-10,16H,3,6,11H2,(H,26,32)(H,27,29,31). The lowest BCUT2D eigenvalue weighted by atomic mass is 10.1. The van der Waals surface area contributed by atoms with Crippen molar-refractivity contribution >= 4 is 50.0 Å². The maximum atomic E-state index is 13.2. The van der Waals surface area contributed by atoms with E-state index in [1.165, 1.54) is 34.4 Å². The quantitative estimate of drug-likeness (QED) is 0.450. The number of amides is 3. The Morgan fingerprint density at radius 2 is 1.79 bits per heavy atom. The van der Waals surface area contributed by atoms with Crippen LogP contribution in [0.4, 0.5) is 28.8 Å². The average molecular weight is 540 g/mol. The molecule has 1 saturated heterocycles. The van der Waals surface area contributed by atoms with Gasteiger partial charge in [-0.1, -0.05) is 51.5 Å². The van der Waals surface area contributed by atoms with Gasteiger partial charge >= 0.3 is 12.2 Å². The Labute approximate surface area is 199 Å².